The SMILES string of the molecule is [CH2]P(C)CCCC. The molecule has 0 bridgehead atoms. The maximum atomic E-state index is 3.94. The van der Waals surface area contributed by atoms with Crippen molar-refractivity contribution >= 4 is 7.92 Å². The van der Waals surface area contributed by atoms with Crippen molar-refractivity contribution in [3.8, 4) is 0 Å². The van der Waals surface area contributed by atoms with Gasteiger partial charge in [-0.25, -0.2) is 0 Å². The van der Waals surface area contributed by atoms with Gasteiger partial charge in [-0.1, -0.05) is 13.3 Å². The van der Waals surface area contributed by atoms with Gasteiger partial charge in [-0.05, 0) is 25.9 Å². The Balaban J connectivity index is 2.68. The van der Waals surface area contributed by atoms with Crippen LogP contribution >= 0.6 is 7.92 Å². The molecule has 0 fully saturated rings. The first kappa shape index (κ1) is 7.43. The normalized spacial score (nSPS) is 10.3. The van der Waals surface area contributed by atoms with Crippen LogP contribution in [0.3, 0.4) is 0 Å². The lowest BCUT2D eigenvalue weighted by Crippen LogP contribution is -1.76. The van der Waals surface area contributed by atoms with E-state index in [1.54, 1.807) is 0 Å². The minimum atomic E-state index is 0.144. The van der Waals surface area contributed by atoms with E-state index in [0.717, 1.165) is 0 Å². The topological polar surface area (TPSA) is 0 Å². The highest BCUT2D eigenvalue weighted by Gasteiger charge is 1.87. The second kappa shape index (κ2) is 4.59. The van der Waals surface area contributed by atoms with E-state index < -0.39 is 0 Å². The van der Waals surface area contributed by atoms with Crippen molar-refractivity contribution in [3.05, 3.63) is 6.66 Å². The third-order valence-corrected chi connectivity index (χ3v) is 1.97. The Bertz CT molecular complexity index is 33.2. The summed E-state index contributed by atoms with van der Waals surface area (Å²) in [6.45, 7) is 8.39. The minimum absolute atomic E-state index is 0.144. The highest BCUT2D eigenvalue weighted by molar-refractivity contribution is 7.58. The van der Waals surface area contributed by atoms with Gasteiger partial charge in [0.2, 0.25) is 0 Å². The van der Waals surface area contributed by atoms with Crippen molar-refractivity contribution in [1.29, 1.82) is 0 Å². The van der Waals surface area contributed by atoms with Crippen LogP contribution in [0, 0.1) is 6.66 Å². The van der Waals surface area contributed by atoms with Crippen LogP contribution < -0.4 is 0 Å². The molecular formula is C6H14P. The van der Waals surface area contributed by atoms with Crippen LogP contribution in [0.25, 0.3) is 0 Å². The Labute approximate surface area is 48.1 Å². The summed E-state index contributed by atoms with van der Waals surface area (Å²) in [5, 5.41) is 0. The van der Waals surface area contributed by atoms with Crippen molar-refractivity contribution in [2.45, 2.75) is 19.8 Å². The van der Waals surface area contributed by atoms with Gasteiger partial charge >= 0.3 is 0 Å². The minimum Gasteiger partial charge on any atom is -0.110 e. The van der Waals surface area contributed by atoms with Crippen molar-refractivity contribution in [2.24, 2.45) is 0 Å². The highest BCUT2D eigenvalue weighted by atomic mass is 31.1. The monoisotopic (exact) mass is 117 g/mol. The molecule has 0 N–H and O–H groups in total. The van der Waals surface area contributed by atoms with Crippen LogP contribution in [0.15, 0.2) is 0 Å². The summed E-state index contributed by atoms with van der Waals surface area (Å²) in [5.74, 6) is 0. The quantitative estimate of drug-likeness (QED) is 0.498. The van der Waals surface area contributed by atoms with Crippen molar-refractivity contribution in [1.82, 2.24) is 0 Å². The van der Waals surface area contributed by atoms with Gasteiger partial charge in [0.25, 0.3) is 0 Å². The van der Waals surface area contributed by atoms with Gasteiger partial charge in [0.05, 0.1) is 0 Å². The molecule has 7 heavy (non-hydrogen) atoms. The molecule has 0 saturated carbocycles. The molecule has 0 aliphatic carbocycles. The maximum Gasteiger partial charge on any atom is -0.0289 e. The molecule has 0 aromatic heterocycles. The largest absolute Gasteiger partial charge is 0.110 e. The Morgan fingerprint density at radius 3 is 2.29 bits per heavy atom. The standard InChI is InChI=1S/C6H14P/c1-4-5-6-7(2)3/h2,4-6H2,1,3H3. The Kier molecular flexibility index (Phi) is 4.87. The molecule has 1 atom stereocenters. The van der Waals surface area contributed by atoms with E-state index in [0.29, 0.717) is 0 Å². The maximum absolute atomic E-state index is 3.94. The average molecular weight is 117 g/mol. The number of rotatable bonds is 3. The van der Waals surface area contributed by atoms with Gasteiger partial charge in [-0.15, -0.1) is 7.92 Å². The van der Waals surface area contributed by atoms with Crippen LogP contribution in [0.5, 0.6) is 0 Å². The van der Waals surface area contributed by atoms with Gasteiger partial charge in [-0.3, -0.25) is 0 Å². The summed E-state index contributed by atoms with van der Waals surface area (Å²) in [5.41, 5.74) is 0. The zero-order valence-corrected chi connectivity index (χ0v) is 6.17. The molecule has 0 spiro atoms. The fraction of sp³-hybridized carbons (Fsp3) is 0.833. The molecule has 0 aliphatic heterocycles. The summed E-state index contributed by atoms with van der Waals surface area (Å²) in [6, 6.07) is 0. The zero-order chi connectivity index (χ0) is 5.70. The molecule has 0 aliphatic rings. The molecule has 1 unspecified atom stereocenters. The van der Waals surface area contributed by atoms with E-state index in [1.807, 2.05) is 0 Å². The summed E-state index contributed by atoms with van der Waals surface area (Å²) in [7, 11) is 0.144. The van der Waals surface area contributed by atoms with Crippen LogP contribution in [0.4, 0.5) is 0 Å². The third kappa shape index (κ3) is 6.43. The first-order valence-corrected chi connectivity index (χ1v) is 4.95. The Morgan fingerprint density at radius 1 is 1.57 bits per heavy atom. The van der Waals surface area contributed by atoms with Crippen molar-refractivity contribution < 1.29 is 0 Å². The van der Waals surface area contributed by atoms with E-state index in [9.17, 15) is 0 Å². The highest BCUT2D eigenvalue weighted by Crippen LogP contribution is 2.27. The predicted octanol–water partition coefficient (Wildman–Crippen LogP) is 2.69. The van der Waals surface area contributed by atoms with Gasteiger partial charge in [0, 0.05) is 0 Å². The molecule has 0 rings (SSSR count). The molecule has 1 radical (unpaired) electrons. The summed E-state index contributed by atoms with van der Waals surface area (Å²) < 4.78 is 0. The molecular weight excluding hydrogens is 103 g/mol. The molecule has 43 valence electrons. The zero-order valence-electron chi connectivity index (χ0n) is 5.28. The smallest absolute Gasteiger partial charge is 0.0289 e. The van der Waals surface area contributed by atoms with Gasteiger partial charge in [0.15, 0.2) is 0 Å². The van der Waals surface area contributed by atoms with Crippen LogP contribution in [-0.2, 0) is 0 Å². The van der Waals surface area contributed by atoms with E-state index in [-0.39, 0.29) is 7.92 Å². The summed E-state index contributed by atoms with van der Waals surface area (Å²) in [6.07, 6.45) is 4.04. The van der Waals surface area contributed by atoms with Gasteiger partial charge < -0.3 is 0 Å². The van der Waals surface area contributed by atoms with Crippen molar-refractivity contribution in [3.63, 3.8) is 0 Å². The van der Waals surface area contributed by atoms with Gasteiger partial charge in [0.1, 0.15) is 0 Å². The fourth-order valence-electron chi connectivity index (χ4n) is 0.428. The number of hydrogen-bond acceptors (Lipinski definition) is 0. The second-order valence-corrected chi connectivity index (χ2v) is 4.09. The first-order chi connectivity index (χ1) is 3.27. The molecule has 0 nitrogen and oxygen atoms in total. The molecule has 0 heterocycles. The van der Waals surface area contributed by atoms with Crippen molar-refractivity contribution in [2.75, 3.05) is 12.8 Å². The van der Waals surface area contributed by atoms with Crippen LogP contribution in [-0.4, -0.2) is 12.8 Å². The molecule has 0 aromatic carbocycles. The Hall–Kier alpha value is 0.430. The van der Waals surface area contributed by atoms with E-state index >= 15 is 0 Å². The molecule has 0 amide bonds. The average Bonchev–Trinajstić information content (AvgIpc) is 1.61. The predicted molar refractivity (Wildman–Crippen MR) is 38.0 cm³/mol. The fourth-order valence-corrected chi connectivity index (χ4v) is 1.28. The van der Waals surface area contributed by atoms with E-state index in [2.05, 4.69) is 20.3 Å². The lowest BCUT2D eigenvalue weighted by molar-refractivity contribution is 0.893. The van der Waals surface area contributed by atoms with Crippen LogP contribution in [0.1, 0.15) is 19.8 Å². The first-order valence-electron chi connectivity index (χ1n) is 2.79. The summed E-state index contributed by atoms with van der Waals surface area (Å²) in [4.78, 5) is 0. The number of unbranched alkanes of at least 4 members (excludes halogenated alkanes) is 1. The van der Waals surface area contributed by atoms with E-state index in [4.69, 9.17) is 0 Å². The lowest BCUT2D eigenvalue weighted by Gasteiger charge is -1.99. The molecule has 1 heteroatoms. The van der Waals surface area contributed by atoms with Crippen LogP contribution in [0.2, 0.25) is 0 Å². The lowest BCUT2D eigenvalue weighted by atomic mass is 10.4. The third-order valence-electron chi connectivity index (χ3n) is 0.893. The second-order valence-electron chi connectivity index (χ2n) is 1.93. The van der Waals surface area contributed by atoms with Gasteiger partial charge in [-0.2, -0.15) is 0 Å². The number of hydrogen-bond donors (Lipinski definition) is 0. The summed E-state index contributed by atoms with van der Waals surface area (Å²) >= 11 is 0. The van der Waals surface area contributed by atoms with E-state index in [1.165, 1.54) is 19.0 Å². The molecule has 0 saturated heterocycles. The Morgan fingerprint density at radius 2 is 2.14 bits per heavy atom. The molecule has 0 aromatic rings.